The zero-order valence-electron chi connectivity index (χ0n) is 13.0. The molecule has 1 N–H and O–H groups in total. The van der Waals surface area contributed by atoms with E-state index < -0.39 is 10.2 Å². The third kappa shape index (κ3) is 5.03. The highest BCUT2D eigenvalue weighted by Crippen LogP contribution is 2.18. The van der Waals surface area contributed by atoms with Crippen molar-refractivity contribution in [1.29, 1.82) is 0 Å². The lowest BCUT2D eigenvalue weighted by molar-refractivity contribution is 0.296. The van der Waals surface area contributed by atoms with Gasteiger partial charge < -0.3 is 4.90 Å². The molecule has 1 aromatic rings. The SMILES string of the molecule is CCN(CC)S(=O)(=O)NCC(c1cccc(F)c1)N(C)C. The Balaban J connectivity index is 2.86. The molecule has 0 heterocycles. The summed E-state index contributed by atoms with van der Waals surface area (Å²) in [5, 5.41) is 0. The normalized spacial score (nSPS) is 13.9. The molecule has 0 saturated carbocycles. The van der Waals surface area contributed by atoms with Crippen LogP contribution < -0.4 is 4.72 Å². The number of benzene rings is 1. The van der Waals surface area contributed by atoms with Gasteiger partial charge in [0.05, 0.1) is 0 Å². The Morgan fingerprint density at radius 2 is 1.86 bits per heavy atom. The van der Waals surface area contributed by atoms with E-state index in [1.54, 1.807) is 26.0 Å². The first-order valence-electron chi connectivity index (χ1n) is 6.98. The summed E-state index contributed by atoms with van der Waals surface area (Å²) in [5.74, 6) is -0.328. The predicted octanol–water partition coefficient (Wildman–Crippen LogP) is 1.60. The molecule has 0 bridgehead atoms. The molecule has 0 saturated heterocycles. The van der Waals surface area contributed by atoms with Crippen LogP contribution in [0.15, 0.2) is 24.3 Å². The highest BCUT2D eigenvalue weighted by Gasteiger charge is 2.22. The molecular weight excluding hydrogens is 293 g/mol. The van der Waals surface area contributed by atoms with Crippen LogP contribution in [0.2, 0.25) is 0 Å². The second-order valence-corrected chi connectivity index (χ2v) is 6.73. The molecule has 1 aromatic carbocycles. The molecule has 0 amide bonds. The maximum absolute atomic E-state index is 13.3. The topological polar surface area (TPSA) is 52.7 Å². The molecule has 0 radical (unpaired) electrons. The Labute approximate surface area is 126 Å². The molecule has 1 atom stereocenters. The van der Waals surface area contributed by atoms with E-state index in [2.05, 4.69) is 4.72 Å². The van der Waals surface area contributed by atoms with Crippen LogP contribution in [0.25, 0.3) is 0 Å². The first kappa shape index (κ1) is 18.0. The van der Waals surface area contributed by atoms with E-state index in [1.165, 1.54) is 16.4 Å². The first-order chi connectivity index (χ1) is 9.81. The van der Waals surface area contributed by atoms with Crippen molar-refractivity contribution in [3.05, 3.63) is 35.6 Å². The number of rotatable bonds is 8. The Hall–Kier alpha value is -1.02. The van der Waals surface area contributed by atoms with Gasteiger partial charge in [0.2, 0.25) is 0 Å². The van der Waals surface area contributed by atoms with E-state index in [9.17, 15) is 12.8 Å². The van der Waals surface area contributed by atoms with Gasteiger partial charge in [-0.1, -0.05) is 26.0 Å². The van der Waals surface area contributed by atoms with Gasteiger partial charge in [-0.05, 0) is 31.8 Å². The van der Waals surface area contributed by atoms with Crippen LogP contribution in [-0.2, 0) is 10.2 Å². The number of hydrogen-bond donors (Lipinski definition) is 1. The summed E-state index contributed by atoms with van der Waals surface area (Å²) in [5.41, 5.74) is 0.738. The first-order valence-corrected chi connectivity index (χ1v) is 8.42. The summed E-state index contributed by atoms with van der Waals surface area (Å²) in [7, 11) is 0.163. The summed E-state index contributed by atoms with van der Waals surface area (Å²) in [6, 6.07) is 5.98. The minimum Gasteiger partial charge on any atom is -0.301 e. The van der Waals surface area contributed by atoms with E-state index in [0.717, 1.165) is 5.56 Å². The monoisotopic (exact) mass is 317 g/mol. The van der Waals surface area contributed by atoms with Crippen LogP contribution in [0, 0.1) is 5.82 Å². The van der Waals surface area contributed by atoms with Crippen molar-refractivity contribution >= 4 is 10.2 Å². The smallest absolute Gasteiger partial charge is 0.279 e. The third-order valence-corrected chi connectivity index (χ3v) is 5.09. The summed E-state index contributed by atoms with van der Waals surface area (Å²) in [6.07, 6.45) is 0. The zero-order chi connectivity index (χ0) is 16.0. The highest BCUT2D eigenvalue weighted by atomic mass is 32.2. The van der Waals surface area contributed by atoms with Gasteiger partial charge in [-0.25, -0.2) is 9.11 Å². The van der Waals surface area contributed by atoms with E-state index in [1.807, 2.05) is 19.0 Å². The van der Waals surface area contributed by atoms with Crippen molar-refractivity contribution < 1.29 is 12.8 Å². The number of likely N-dealkylation sites (N-methyl/N-ethyl adjacent to an activating group) is 1. The van der Waals surface area contributed by atoms with Crippen LogP contribution in [0.3, 0.4) is 0 Å². The lowest BCUT2D eigenvalue weighted by Crippen LogP contribution is -2.43. The van der Waals surface area contributed by atoms with Gasteiger partial charge in [0.15, 0.2) is 0 Å². The molecule has 0 aliphatic carbocycles. The molecule has 1 rings (SSSR count). The number of halogens is 1. The Bertz CT molecular complexity index is 545. The minimum atomic E-state index is -3.51. The van der Waals surface area contributed by atoms with Crippen molar-refractivity contribution in [2.45, 2.75) is 19.9 Å². The lowest BCUT2D eigenvalue weighted by Gasteiger charge is -2.27. The fourth-order valence-corrected chi connectivity index (χ4v) is 3.38. The van der Waals surface area contributed by atoms with Crippen LogP contribution in [0.5, 0.6) is 0 Å². The van der Waals surface area contributed by atoms with Crippen molar-refractivity contribution in [2.24, 2.45) is 0 Å². The fourth-order valence-electron chi connectivity index (χ4n) is 2.15. The van der Waals surface area contributed by atoms with Crippen molar-refractivity contribution in [3.8, 4) is 0 Å². The van der Waals surface area contributed by atoms with Gasteiger partial charge in [0.25, 0.3) is 10.2 Å². The summed E-state index contributed by atoms with van der Waals surface area (Å²) in [6.45, 7) is 4.60. The molecule has 0 fully saturated rings. The standard InChI is InChI=1S/C14H24FN3O2S/c1-5-18(6-2)21(19,20)16-11-14(17(3)4)12-8-7-9-13(15)10-12/h7-10,14,16H,5-6,11H2,1-4H3. The number of nitrogens with zero attached hydrogens (tertiary/aromatic N) is 2. The molecule has 0 spiro atoms. The van der Waals surface area contributed by atoms with Crippen LogP contribution >= 0.6 is 0 Å². The van der Waals surface area contributed by atoms with E-state index in [4.69, 9.17) is 0 Å². The van der Waals surface area contributed by atoms with Crippen molar-refractivity contribution in [3.63, 3.8) is 0 Å². The van der Waals surface area contributed by atoms with Crippen molar-refractivity contribution in [2.75, 3.05) is 33.7 Å². The van der Waals surface area contributed by atoms with Crippen LogP contribution in [-0.4, -0.2) is 51.4 Å². The highest BCUT2D eigenvalue weighted by molar-refractivity contribution is 7.87. The summed E-state index contributed by atoms with van der Waals surface area (Å²) < 4.78 is 41.6. The largest absolute Gasteiger partial charge is 0.301 e. The number of hydrogen-bond acceptors (Lipinski definition) is 3. The average Bonchev–Trinajstić information content (AvgIpc) is 2.39. The molecule has 0 aromatic heterocycles. The zero-order valence-corrected chi connectivity index (χ0v) is 13.8. The lowest BCUT2D eigenvalue weighted by atomic mass is 10.1. The molecule has 1 unspecified atom stereocenters. The molecular formula is C14H24FN3O2S. The Kier molecular flexibility index (Phi) is 6.73. The Morgan fingerprint density at radius 3 is 2.33 bits per heavy atom. The van der Waals surface area contributed by atoms with E-state index >= 15 is 0 Å². The van der Waals surface area contributed by atoms with Gasteiger partial charge >= 0.3 is 0 Å². The predicted molar refractivity (Wildman–Crippen MR) is 82.7 cm³/mol. The second-order valence-electron chi connectivity index (χ2n) is 4.97. The van der Waals surface area contributed by atoms with E-state index in [-0.39, 0.29) is 18.4 Å². The van der Waals surface area contributed by atoms with Gasteiger partial charge in [0, 0.05) is 25.7 Å². The summed E-state index contributed by atoms with van der Waals surface area (Å²) in [4.78, 5) is 1.86. The van der Waals surface area contributed by atoms with Crippen LogP contribution in [0.4, 0.5) is 4.39 Å². The molecule has 7 heteroatoms. The minimum absolute atomic E-state index is 0.190. The quantitative estimate of drug-likeness (QED) is 0.792. The third-order valence-electron chi connectivity index (χ3n) is 3.36. The molecule has 0 aliphatic rings. The van der Waals surface area contributed by atoms with Gasteiger partial charge in [-0.2, -0.15) is 12.7 Å². The second kappa shape index (κ2) is 7.84. The maximum atomic E-state index is 13.3. The van der Waals surface area contributed by atoms with Gasteiger partial charge in [-0.3, -0.25) is 0 Å². The van der Waals surface area contributed by atoms with Gasteiger partial charge in [-0.15, -0.1) is 0 Å². The molecule has 120 valence electrons. The van der Waals surface area contributed by atoms with Crippen molar-refractivity contribution in [1.82, 2.24) is 13.9 Å². The average molecular weight is 317 g/mol. The molecule has 5 nitrogen and oxygen atoms in total. The Morgan fingerprint density at radius 1 is 1.24 bits per heavy atom. The summed E-state index contributed by atoms with van der Waals surface area (Å²) >= 11 is 0. The van der Waals surface area contributed by atoms with Crippen LogP contribution in [0.1, 0.15) is 25.5 Å². The molecule has 0 aliphatic heterocycles. The molecule has 21 heavy (non-hydrogen) atoms. The van der Waals surface area contributed by atoms with Gasteiger partial charge in [0.1, 0.15) is 5.82 Å². The maximum Gasteiger partial charge on any atom is 0.279 e. The fraction of sp³-hybridized carbons (Fsp3) is 0.571. The van der Waals surface area contributed by atoms with E-state index in [0.29, 0.717) is 13.1 Å². The number of nitrogens with one attached hydrogen (secondary N) is 1.